The lowest BCUT2D eigenvalue weighted by molar-refractivity contribution is -0.158. The van der Waals surface area contributed by atoms with Gasteiger partial charge in [-0.05, 0) is 39.6 Å². The molecule has 0 radical (unpaired) electrons. The Hall–Kier alpha value is -2.18. The molecule has 5 rings (SSSR count). The van der Waals surface area contributed by atoms with Gasteiger partial charge in [-0.3, -0.25) is 9.59 Å². The van der Waals surface area contributed by atoms with Gasteiger partial charge in [0.2, 0.25) is 0 Å². The van der Waals surface area contributed by atoms with Crippen LogP contribution in [0.1, 0.15) is 18.4 Å². The Morgan fingerprint density at radius 2 is 2.08 bits per heavy atom. The van der Waals surface area contributed by atoms with Crippen molar-refractivity contribution < 1.29 is 19.4 Å². The zero-order chi connectivity index (χ0) is 16.8. The van der Waals surface area contributed by atoms with E-state index in [0.29, 0.717) is 6.54 Å². The summed E-state index contributed by atoms with van der Waals surface area (Å²) in [5.41, 5.74) is 1.49. The third-order valence-electron chi connectivity index (χ3n) is 4.97. The Morgan fingerprint density at radius 1 is 1.25 bits per heavy atom. The van der Waals surface area contributed by atoms with Gasteiger partial charge < -0.3 is 15.2 Å². The minimum atomic E-state index is -0.941. The number of aliphatic carboxylic acids is 1. The third kappa shape index (κ3) is 2.34. The lowest BCUT2D eigenvalue weighted by Crippen LogP contribution is -2.57. The van der Waals surface area contributed by atoms with Crippen molar-refractivity contribution in [3.63, 3.8) is 0 Å². The number of hydrogen-bond acceptors (Lipinski definition) is 4. The van der Waals surface area contributed by atoms with Crippen molar-refractivity contribution in [2.24, 2.45) is 5.41 Å². The van der Waals surface area contributed by atoms with E-state index >= 15 is 0 Å². The van der Waals surface area contributed by atoms with Crippen LogP contribution in [-0.4, -0.2) is 29.2 Å². The summed E-state index contributed by atoms with van der Waals surface area (Å²) in [6.07, 6.45) is 0.548. The van der Waals surface area contributed by atoms with Gasteiger partial charge >= 0.3 is 5.97 Å². The summed E-state index contributed by atoms with van der Waals surface area (Å²) in [6, 6.07) is 10.1. The quantitative estimate of drug-likeness (QED) is 0.875. The average Bonchev–Trinajstić information content (AvgIpc) is 3.26. The summed E-state index contributed by atoms with van der Waals surface area (Å²) in [5, 5.41) is 16.2. The second kappa shape index (κ2) is 5.43. The molecule has 1 amide bonds. The molecule has 6 heteroatoms. The number of rotatable bonds is 5. The van der Waals surface area contributed by atoms with E-state index < -0.39 is 17.0 Å². The number of nitrogens with one attached hydrogen (secondary N) is 1. The van der Waals surface area contributed by atoms with Gasteiger partial charge in [0, 0.05) is 19.4 Å². The summed E-state index contributed by atoms with van der Waals surface area (Å²) >= 11 is 1.65. The standard InChI is InChI=1S/C18H17NO4S/c20-15(18-9-17(10-18,11-23-18)16(21)22)19-7-12-2-1-3-13(6-12)14-4-5-24-8-14/h1-6,8H,7,9-11H2,(H,19,20)(H,21,22). The van der Waals surface area contributed by atoms with E-state index in [1.165, 1.54) is 0 Å². The van der Waals surface area contributed by atoms with Crippen molar-refractivity contribution >= 4 is 23.2 Å². The predicted octanol–water partition coefficient (Wildman–Crippen LogP) is 2.67. The van der Waals surface area contributed by atoms with Crippen LogP contribution in [0.2, 0.25) is 0 Å². The molecule has 0 unspecified atom stereocenters. The highest BCUT2D eigenvalue weighted by atomic mass is 32.1. The molecule has 2 aliphatic heterocycles. The van der Waals surface area contributed by atoms with Gasteiger partial charge in [0.1, 0.15) is 5.60 Å². The maximum absolute atomic E-state index is 12.4. The van der Waals surface area contributed by atoms with E-state index in [1.807, 2.05) is 23.6 Å². The molecule has 1 aromatic heterocycles. The second-order valence-corrected chi connectivity index (χ2v) is 7.40. The molecule has 2 aromatic rings. The summed E-state index contributed by atoms with van der Waals surface area (Å²) in [4.78, 5) is 23.7. The van der Waals surface area contributed by atoms with E-state index in [2.05, 4.69) is 22.8 Å². The van der Waals surface area contributed by atoms with Crippen LogP contribution < -0.4 is 5.32 Å². The smallest absolute Gasteiger partial charge is 0.312 e. The fourth-order valence-electron chi connectivity index (χ4n) is 3.59. The second-order valence-electron chi connectivity index (χ2n) is 6.62. The van der Waals surface area contributed by atoms with Gasteiger partial charge in [0.15, 0.2) is 0 Å². The number of carboxylic acids is 1. The topological polar surface area (TPSA) is 75.6 Å². The number of benzene rings is 1. The maximum Gasteiger partial charge on any atom is 0.312 e. The normalized spacial score (nSPS) is 27.5. The van der Waals surface area contributed by atoms with E-state index in [0.717, 1.165) is 16.7 Å². The lowest BCUT2D eigenvalue weighted by Gasteiger charge is -2.40. The molecule has 3 heterocycles. The van der Waals surface area contributed by atoms with Gasteiger partial charge in [-0.2, -0.15) is 11.3 Å². The fraction of sp³-hybridized carbons (Fsp3) is 0.333. The van der Waals surface area contributed by atoms with E-state index in [-0.39, 0.29) is 25.4 Å². The highest BCUT2D eigenvalue weighted by Gasteiger charge is 2.70. The van der Waals surface area contributed by atoms with Crippen LogP contribution >= 0.6 is 11.3 Å². The Morgan fingerprint density at radius 3 is 2.75 bits per heavy atom. The highest BCUT2D eigenvalue weighted by molar-refractivity contribution is 7.08. The largest absolute Gasteiger partial charge is 0.481 e. The average molecular weight is 343 g/mol. The molecule has 1 aliphatic carbocycles. The monoisotopic (exact) mass is 343 g/mol. The summed E-state index contributed by atoms with van der Waals surface area (Å²) in [7, 11) is 0. The van der Waals surface area contributed by atoms with Gasteiger partial charge in [-0.1, -0.05) is 18.2 Å². The van der Waals surface area contributed by atoms with Crippen molar-refractivity contribution in [1.29, 1.82) is 0 Å². The fourth-order valence-corrected chi connectivity index (χ4v) is 4.26. The van der Waals surface area contributed by atoms with Gasteiger partial charge in [0.25, 0.3) is 5.91 Å². The van der Waals surface area contributed by atoms with Gasteiger partial charge in [0.05, 0.1) is 12.0 Å². The molecule has 0 spiro atoms. The molecule has 5 nitrogen and oxygen atoms in total. The maximum atomic E-state index is 12.4. The lowest BCUT2D eigenvalue weighted by atomic mass is 9.62. The first-order valence-corrected chi connectivity index (χ1v) is 8.75. The van der Waals surface area contributed by atoms with Crippen LogP contribution in [0.4, 0.5) is 0 Å². The number of hydrogen-bond donors (Lipinski definition) is 2. The predicted molar refractivity (Wildman–Crippen MR) is 89.6 cm³/mol. The van der Waals surface area contributed by atoms with Gasteiger partial charge in [-0.25, -0.2) is 0 Å². The summed E-state index contributed by atoms with van der Waals surface area (Å²) in [5.74, 6) is -1.08. The molecular weight excluding hydrogens is 326 g/mol. The molecule has 2 saturated heterocycles. The Kier molecular flexibility index (Phi) is 3.47. The first kappa shape index (κ1) is 15.4. The summed E-state index contributed by atoms with van der Waals surface area (Å²) in [6.45, 7) is 0.533. The van der Waals surface area contributed by atoms with Gasteiger partial charge in [-0.15, -0.1) is 0 Å². The number of amides is 1. The first-order valence-electron chi connectivity index (χ1n) is 7.80. The Balaban J connectivity index is 1.41. The Labute approximate surface area is 143 Å². The van der Waals surface area contributed by atoms with Crippen LogP contribution in [0.25, 0.3) is 11.1 Å². The van der Waals surface area contributed by atoms with Crippen LogP contribution in [0, 0.1) is 5.41 Å². The number of carboxylic acid groups (broad SMARTS) is 1. The Bertz CT molecular complexity index is 793. The minimum Gasteiger partial charge on any atom is -0.481 e. The van der Waals surface area contributed by atoms with Crippen LogP contribution in [-0.2, 0) is 20.9 Å². The number of fused-ring (bicyclic) bond motifs is 1. The minimum absolute atomic E-state index is 0.128. The highest BCUT2D eigenvalue weighted by Crippen LogP contribution is 2.58. The zero-order valence-electron chi connectivity index (χ0n) is 13.0. The van der Waals surface area contributed by atoms with E-state index in [9.17, 15) is 14.7 Å². The van der Waals surface area contributed by atoms with Crippen LogP contribution in [0.3, 0.4) is 0 Å². The molecule has 24 heavy (non-hydrogen) atoms. The number of thiophene rings is 1. The van der Waals surface area contributed by atoms with E-state index in [4.69, 9.17) is 4.74 Å². The zero-order valence-corrected chi connectivity index (χ0v) is 13.8. The molecule has 0 atom stereocenters. The van der Waals surface area contributed by atoms with Crippen molar-refractivity contribution in [2.75, 3.05) is 6.61 Å². The van der Waals surface area contributed by atoms with Crippen molar-refractivity contribution in [2.45, 2.75) is 25.0 Å². The molecular formula is C18H17NO4S. The molecule has 3 fully saturated rings. The summed E-state index contributed by atoms with van der Waals surface area (Å²) < 4.78 is 5.52. The molecule has 3 aliphatic rings. The van der Waals surface area contributed by atoms with Crippen LogP contribution in [0.15, 0.2) is 41.1 Å². The number of carbonyl (C=O) groups is 2. The van der Waals surface area contributed by atoms with Crippen molar-refractivity contribution in [3.8, 4) is 11.1 Å². The SMILES string of the molecule is O=C(O)C12COC(C(=O)NCc3cccc(-c4ccsc4)c3)(C1)C2. The molecule has 1 aromatic carbocycles. The third-order valence-corrected chi connectivity index (χ3v) is 5.66. The molecule has 2 bridgehead atoms. The molecule has 124 valence electrons. The van der Waals surface area contributed by atoms with Crippen LogP contribution in [0.5, 0.6) is 0 Å². The molecule has 2 N–H and O–H groups in total. The van der Waals surface area contributed by atoms with Crippen molar-refractivity contribution in [3.05, 3.63) is 46.7 Å². The number of ether oxygens (including phenoxy) is 1. The van der Waals surface area contributed by atoms with Crippen molar-refractivity contribution in [1.82, 2.24) is 5.32 Å². The molecule has 1 saturated carbocycles. The van der Waals surface area contributed by atoms with E-state index in [1.54, 1.807) is 11.3 Å². The number of carbonyl (C=O) groups excluding carboxylic acids is 1. The first-order chi connectivity index (χ1) is 11.5.